The molecule has 2 aromatic carbocycles. The SMILES string of the molecule is O=[N+]([O-])c1ccc2nc(CN3CCC(c4ccc(C(F)(F)F)cc4)CC3)ccc2c1. The van der Waals surface area contributed by atoms with Gasteiger partial charge in [0, 0.05) is 24.1 Å². The van der Waals surface area contributed by atoms with Gasteiger partial charge in [0.1, 0.15) is 0 Å². The van der Waals surface area contributed by atoms with Crippen LogP contribution < -0.4 is 0 Å². The zero-order valence-electron chi connectivity index (χ0n) is 16.1. The molecule has 0 aliphatic carbocycles. The molecule has 3 aromatic rings. The molecular weight excluding hydrogens is 395 g/mol. The van der Waals surface area contributed by atoms with Crippen LogP contribution >= 0.6 is 0 Å². The molecular formula is C22H20F3N3O2. The van der Waals surface area contributed by atoms with Gasteiger partial charge in [-0.05, 0) is 61.7 Å². The van der Waals surface area contributed by atoms with E-state index in [1.54, 1.807) is 18.2 Å². The third kappa shape index (κ3) is 4.43. The summed E-state index contributed by atoms with van der Waals surface area (Å²) in [6.45, 7) is 2.35. The van der Waals surface area contributed by atoms with Gasteiger partial charge in [0.2, 0.25) is 0 Å². The van der Waals surface area contributed by atoms with Gasteiger partial charge >= 0.3 is 6.18 Å². The molecule has 0 bridgehead atoms. The predicted octanol–water partition coefficient (Wildman–Crippen LogP) is 5.54. The first-order valence-corrected chi connectivity index (χ1v) is 9.73. The minimum absolute atomic E-state index is 0.0439. The summed E-state index contributed by atoms with van der Waals surface area (Å²) in [5.41, 5.74) is 1.99. The van der Waals surface area contributed by atoms with Crippen molar-refractivity contribution in [1.29, 1.82) is 0 Å². The zero-order valence-corrected chi connectivity index (χ0v) is 16.1. The van der Waals surface area contributed by atoms with Gasteiger partial charge in [0.05, 0.1) is 21.7 Å². The third-order valence-electron chi connectivity index (χ3n) is 5.62. The number of rotatable bonds is 4. The van der Waals surface area contributed by atoms with Crippen molar-refractivity contribution >= 4 is 16.6 Å². The normalized spacial score (nSPS) is 16.1. The average Bonchev–Trinajstić information content (AvgIpc) is 2.73. The first-order chi connectivity index (χ1) is 14.3. The van der Waals surface area contributed by atoms with Crippen LogP contribution in [0, 0.1) is 10.1 Å². The fourth-order valence-corrected chi connectivity index (χ4v) is 3.95. The number of hydrogen-bond donors (Lipinski definition) is 0. The Morgan fingerprint density at radius 2 is 1.73 bits per heavy atom. The van der Waals surface area contributed by atoms with E-state index in [-0.39, 0.29) is 11.6 Å². The fraction of sp³-hybridized carbons (Fsp3) is 0.318. The molecule has 1 aliphatic heterocycles. The number of hydrogen-bond acceptors (Lipinski definition) is 4. The Kier molecular flexibility index (Phi) is 5.42. The van der Waals surface area contributed by atoms with Crippen molar-refractivity contribution in [1.82, 2.24) is 9.88 Å². The summed E-state index contributed by atoms with van der Waals surface area (Å²) in [6, 6.07) is 13.9. The van der Waals surface area contributed by atoms with Gasteiger partial charge < -0.3 is 0 Å². The van der Waals surface area contributed by atoms with Gasteiger partial charge in [-0.15, -0.1) is 0 Å². The zero-order chi connectivity index (χ0) is 21.3. The van der Waals surface area contributed by atoms with E-state index in [1.165, 1.54) is 12.1 Å². The topological polar surface area (TPSA) is 59.3 Å². The molecule has 1 fully saturated rings. The number of non-ortho nitro benzene ring substituents is 1. The molecule has 1 aliphatic rings. The van der Waals surface area contributed by atoms with Gasteiger partial charge in [-0.2, -0.15) is 13.2 Å². The van der Waals surface area contributed by atoms with Crippen molar-refractivity contribution in [2.24, 2.45) is 0 Å². The maximum Gasteiger partial charge on any atom is 0.416 e. The van der Waals surface area contributed by atoms with Crippen LogP contribution in [0.3, 0.4) is 0 Å². The molecule has 0 radical (unpaired) electrons. The average molecular weight is 415 g/mol. The standard InChI is InChI=1S/C22H20F3N3O2/c23-22(24,25)18-4-1-15(2-5-18)16-9-11-27(12-10-16)14-19-6-3-17-13-20(28(29)30)7-8-21(17)26-19/h1-8,13,16H,9-12,14H2. The molecule has 8 heteroatoms. The van der Waals surface area contributed by atoms with Crippen molar-refractivity contribution in [3.05, 3.63) is 81.5 Å². The van der Waals surface area contributed by atoms with Crippen molar-refractivity contribution in [3.63, 3.8) is 0 Å². The van der Waals surface area contributed by atoms with Crippen molar-refractivity contribution in [2.75, 3.05) is 13.1 Å². The lowest BCUT2D eigenvalue weighted by atomic mass is 9.89. The van der Waals surface area contributed by atoms with E-state index in [1.807, 2.05) is 12.1 Å². The van der Waals surface area contributed by atoms with E-state index in [9.17, 15) is 23.3 Å². The highest BCUT2D eigenvalue weighted by Gasteiger charge is 2.30. The summed E-state index contributed by atoms with van der Waals surface area (Å²) in [7, 11) is 0. The Hall–Kier alpha value is -3.00. The van der Waals surface area contributed by atoms with Crippen LogP contribution in [0.5, 0.6) is 0 Å². The molecule has 156 valence electrons. The highest BCUT2D eigenvalue weighted by Crippen LogP contribution is 2.33. The van der Waals surface area contributed by atoms with Crippen LogP contribution in [0.4, 0.5) is 18.9 Å². The smallest absolute Gasteiger partial charge is 0.297 e. The largest absolute Gasteiger partial charge is 0.416 e. The molecule has 0 N–H and O–H groups in total. The number of alkyl halides is 3. The number of nitro benzene ring substituents is 1. The molecule has 0 spiro atoms. The molecule has 2 heterocycles. The summed E-state index contributed by atoms with van der Waals surface area (Å²) in [5.74, 6) is 0.258. The summed E-state index contributed by atoms with van der Waals surface area (Å²) < 4.78 is 38.2. The Bertz CT molecular complexity index is 1060. The minimum atomic E-state index is -4.31. The van der Waals surface area contributed by atoms with Crippen LogP contribution in [0.25, 0.3) is 10.9 Å². The summed E-state index contributed by atoms with van der Waals surface area (Å²) in [4.78, 5) is 17.4. The molecule has 5 nitrogen and oxygen atoms in total. The summed E-state index contributed by atoms with van der Waals surface area (Å²) in [6.07, 6.45) is -2.55. The lowest BCUT2D eigenvalue weighted by Crippen LogP contribution is -2.32. The first-order valence-electron chi connectivity index (χ1n) is 9.73. The van der Waals surface area contributed by atoms with Crippen LogP contribution in [-0.4, -0.2) is 27.9 Å². The Morgan fingerprint density at radius 3 is 2.37 bits per heavy atom. The van der Waals surface area contributed by atoms with Gasteiger partial charge in [-0.1, -0.05) is 18.2 Å². The van der Waals surface area contributed by atoms with E-state index >= 15 is 0 Å². The van der Waals surface area contributed by atoms with Gasteiger partial charge in [0.25, 0.3) is 5.69 Å². The maximum absolute atomic E-state index is 12.7. The van der Waals surface area contributed by atoms with Crippen molar-refractivity contribution in [2.45, 2.75) is 31.5 Å². The van der Waals surface area contributed by atoms with E-state index in [0.717, 1.165) is 60.2 Å². The molecule has 4 rings (SSSR count). The summed E-state index contributed by atoms with van der Waals surface area (Å²) >= 11 is 0. The Labute approximate surface area is 171 Å². The van der Waals surface area contributed by atoms with E-state index < -0.39 is 16.7 Å². The molecule has 0 amide bonds. The third-order valence-corrected chi connectivity index (χ3v) is 5.62. The highest BCUT2D eigenvalue weighted by atomic mass is 19.4. The quantitative estimate of drug-likeness (QED) is 0.415. The molecule has 30 heavy (non-hydrogen) atoms. The van der Waals surface area contributed by atoms with Crippen LogP contribution in [-0.2, 0) is 12.7 Å². The lowest BCUT2D eigenvalue weighted by molar-refractivity contribution is -0.384. The number of piperidine rings is 1. The second-order valence-electron chi connectivity index (χ2n) is 7.61. The van der Waals surface area contributed by atoms with E-state index in [2.05, 4.69) is 9.88 Å². The number of fused-ring (bicyclic) bond motifs is 1. The number of benzene rings is 2. The van der Waals surface area contributed by atoms with Crippen molar-refractivity contribution < 1.29 is 18.1 Å². The number of likely N-dealkylation sites (tertiary alicyclic amines) is 1. The molecule has 1 aromatic heterocycles. The van der Waals surface area contributed by atoms with Crippen molar-refractivity contribution in [3.8, 4) is 0 Å². The number of nitrogens with zero attached hydrogens (tertiary/aromatic N) is 3. The van der Waals surface area contributed by atoms with E-state index in [0.29, 0.717) is 6.54 Å². The number of halogens is 3. The van der Waals surface area contributed by atoms with Gasteiger partial charge in [-0.3, -0.25) is 20.0 Å². The number of nitro groups is 1. The minimum Gasteiger partial charge on any atom is -0.297 e. The Morgan fingerprint density at radius 1 is 1.03 bits per heavy atom. The molecule has 0 saturated carbocycles. The predicted molar refractivity (Wildman–Crippen MR) is 107 cm³/mol. The fourth-order valence-electron chi connectivity index (χ4n) is 3.95. The second-order valence-corrected chi connectivity index (χ2v) is 7.61. The Balaban J connectivity index is 1.37. The van der Waals surface area contributed by atoms with E-state index in [4.69, 9.17) is 0 Å². The van der Waals surface area contributed by atoms with Crippen LogP contribution in [0.15, 0.2) is 54.6 Å². The summed E-state index contributed by atoms with van der Waals surface area (Å²) in [5, 5.41) is 11.6. The highest BCUT2D eigenvalue weighted by molar-refractivity contribution is 5.81. The monoisotopic (exact) mass is 415 g/mol. The second kappa shape index (κ2) is 8.02. The first kappa shape index (κ1) is 20.3. The van der Waals surface area contributed by atoms with Crippen LogP contribution in [0.2, 0.25) is 0 Å². The molecule has 0 atom stereocenters. The number of aromatic nitrogens is 1. The van der Waals surface area contributed by atoms with Crippen LogP contribution in [0.1, 0.15) is 35.6 Å². The van der Waals surface area contributed by atoms with Gasteiger partial charge in [0.15, 0.2) is 0 Å². The molecule has 1 saturated heterocycles. The number of pyridine rings is 1. The lowest BCUT2D eigenvalue weighted by Gasteiger charge is -2.32. The van der Waals surface area contributed by atoms with Gasteiger partial charge in [-0.25, -0.2) is 0 Å². The molecule has 0 unspecified atom stereocenters. The maximum atomic E-state index is 12.7.